The summed E-state index contributed by atoms with van der Waals surface area (Å²) in [6.07, 6.45) is 4.92. The molecule has 66 valence electrons. The normalized spacial score (nSPS) is 22.8. The van der Waals surface area contributed by atoms with E-state index in [-0.39, 0.29) is 12.0 Å². The molecule has 4 heteroatoms. The second-order valence-corrected chi connectivity index (χ2v) is 2.55. The van der Waals surface area contributed by atoms with Crippen LogP contribution in [0.15, 0.2) is 0 Å². The minimum absolute atomic E-state index is 0.0519. The Hall–Kier alpha value is -1.05. The van der Waals surface area contributed by atoms with Gasteiger partial charge in [0, 0.05) is 19.6 Å². The molecule has 12 heavy (non-hydrogen) atoms. The fourth-order valence-corrected chi connectivity index (χ4v) is 1.01. The Kier molecular flexibility index (Phi) is 3.58. The summed E-state index contributed by atoms with van der Waals surface area (Å²) in [5.74, 6) is 1.59. The van der Waals surface area contributed by atoms with E-state index in [4.69, 9.17) is 11.2 Å². The van der Waals surface area contributed by atoms with E-state index in [2.05, 4.69) is 10.6 Å². The van der Waals surface area contributed by atoms with Crippen molar-refractivity contribution in [3.8, 4) is 12.3 Å². The van der Waals surface area contributed by atoms with Crippen LogP contribution in [-0.2, 0) is 9.53 Å². The first-order valence-electron chi connectivity index (χ1n) is 3.89. The summed E-state index contributed by atoms with van der Waals surface area (Å²) in [6.45, 7) is 2.82. The van der Waals surface area contributed by atoms with Crippen molar-refractivity contribution in [1.82, 2.24) is 10.6 Å². The van der Waals surface area contributed by atoms with E-state index in [1.165, 1.54) is 0 Å². The van der Waals surface area contributed by atoms with Crippen LogP contribution in [0.1, 0.15) is 0 Å². The van der Waals surface area contributed by atoms with Crippen LogP contribution in [0.2, 0.25) is 0 Å². The van der Waals surface area contributed by atoms with E-state index in [1.807, 2.05) is 5.92 Å². The average molecular weight is 168 g/mol. The summed E-state index contributed by atoms with van der Waals surface area (Å²) in [6, 6.07) is 0. The van der Waals surface area contributed by atoms with Crippen molar-refractivity contribution in [2.24, 2.45) is 0 Å². The van der Waals surface area contributed by atoms with Crippen molar-refractivity contribution in [3.05, 3.63) is 0 Å². The van der Waals surface area contributed by atoms with Gasteiger partial charge in [0.05, 0.1) is 12.7 Å². The number of hydrogen-bond donors (Lipinski definition) is 2. The van der Waals surface area contributed by atoms with E-state index >= 15 is 0 Å². The SMILES string of the molecule is C#CC(=O)NCC1CNCCO1. The smallest absolute Gasteiger partial charge is 0.295 e. The molecule has 1 unspecified atom stereocenters. The second kappa shape index (κ2) is 4.75. The minimum Gasteiger partial charge on any atom is -0.374 e. The van der Waals surface area contributed by atoms with Gasteiger partial charge in [-0.05, 0) is 5.92 Å². The summed E-state index contributed by atoms with van der Waals surface area (Å²) < 4.78 is 5.33. The highest BCUT2D eigenvalue weighted by Gasteiger charge is 2.12. The zero-order valence-corrected chi connectivity index (χ0v) is 6.80. The lowest BCUT2D eigenvalue weighted by atomic mass is 10.3. The van der Waals surface area contributed by atoms with Gasteiger partial charge in [0.15, 0.2) is 0 Å². The number of ether oxygens (including phenoxy) is 1. The highest BCUT2D eigenvalue weighted by molar-refractivity contribution is 5.92. The first-order chi connectivity index (χ1) is 5.83. The maximum absolute atomic E-state index is 10.6. The molecule has 0 aromatic heterocycles. The summed E-state index contributed by atoms with van der Waals surface area (Å²) in [5.41, 5.74) is 0. The van der Waals surface area contributed by atoms with Crippen LogP contribution in [0.3, 0.4) is 0 Å². The van der Waals surface area contributed by atoms with Crippen molar-refractivity contribution < 1.29 is 9.53 Å². The van der Waals surface area contributed by atoms with Gasteiger partial charge in [0.2, 0.25) is 0 Å². The first-order valence-corrected chi connectivity index (χ1v) is 3.89. The minimum atomic E-state index is -0.385. The lowest BCUT2D eigenvalue weighted by Gasteiger charge is -2.23. The quantitative estimate of drug-likeness (QED) is 0.505. The van der Waals surface area contributed by atoms with Crippen molar-refractivity contribution in [1.29, 1.82) is 0 Å². The molecule has 1 rings (SSSR count). The predicted octanol–water partition coefficient (Wildman–Crippen LogP) is -1.28. The van der Waals surface area contributed by atoms with E-state index in [9.17, 15) is 4.79 Å². The molecule has 1 aliphatic heterocycles. The average Bonchev–Trinajstić information content (AvgIpc) is 2.16. The predicted molar refractivity (Wildman–Crippen MR) is 44.5 cm³/mol. The summed E-state index contributed by atoms with van der Waals surface area (Å²) in [5, 5.41) is 5.71. The van der Waals surface area contributed by atoms with Gasteiger partial charge < -0.3 is 15.4 Å². The molecule has 4 nitrogen and oxygen atoms in total. The molecule has 1 saturated heterocycles. The number of carbonyl (C=O) groups excluding carboxylic acids is 1. The molecule has 1 atom stereocenters. The fourth-order valence-electron chi connectivity index (χ4n) is 1.01. The van der Waals surface area contributed by atoms with Crippen LogP contribution < -0.4 is 10.6 Å². The molecule has 1 amide bonds. The standard InChI is InChI=1S/C8H12N2O2/c1-2-8(11)10-6-7-5-9-3-4-12-7/h1,7,9H,3-6H2,(H,10,11). The van der Waals surface area contributed by atoms with Crippen molar-refractivity contribution >= 4 is 5.91 Å². The van der Waals surface area contributed by atoms with Gasteiger partial charge in [0.1, 0.15) is 0 Å². The molecule has 0 bridgehead atoms. The third-order valence-electron chi connectivity index (χ3n) is 1.63. The van der Waals surface area contributed by atoms with E-state index in [0.717, 1.165) is 13.1 Å². The molecular weight excluding hydrogens is 156 g/mol. The first kappa shape index (κ1) is 9.04. The second-order valence-electron chi connectivity index (χ2n) is 2.55. The number of hydrogen-bond acceptors (Lipinski definition) is 3. The Morgan fingerprint density at radius 3 is 3.25 bits per heavy atom. The largest absolute Gasteiger partial charge is 0.374 e. The van der Waals surface area contributed by atoms with Crippen LogP contribution in [-0.4, -0.2) is 38.3 Å². The van der Waals surface area contributed by atoms with Gasteiger partial charge in [-0.1, -0.05) is 0 Å². The summed E-state index contributed by atoms with van der Waals surface area (Å²) >= 11 is 0. The zero-order valence-electron chi connectivity index (χ0n) is 6.80. The van der Waals surface area contributed by atoms with Crippen LogP contribution in [0.4, 0.5) is 0 Å². The highest BCUT2D eigenvalue weighted by atomic mass is 16.5. The third kappa shape index (κ3) is 2.91. The number of carbonyl (C=O) groups is 1. The molecule has 1 aliphatic rings. The van der Waals surface area contributed by atoms with Crippen molar-refractivity contribution in [3.63, 3.8) is 0 Å². The Labute approximate surface area is 71.7 Å². The van der Waals surface area contributed by atoms with Crippen LogP contribution in [0, 0.1) is 12.3 Å². The maximum atomic E-state index is 10.6. The van der Waals surface area contributed by atoms with Crippen LogP contribution >= 0.6 is 0 Å². The Morgan fingerprint density at radius 2 is 2.67 bits per heavy atom. The van der Waals surface area contributed by atoms with E-state index in [1.54, 1.807) is 0 Å². The lowest BCUT2D eigenvalue weighted by Crippen LogP contribution is -2.44. The lowest BCUT2D eigenvalue weighted by molar-refractivity contribution is -0.116. The highest BCUT2D eigenvalue weighted by Crippen LogP contribution is 1.93. The molecule has 0 radical (unpaired) electrons. The maximum Gasteiger partial charge on any atom is 0.295 e. The molecule has 0 spiro atoms. The van der Waals surface area contributed by atoms with Crippen LogP contribution in [0.5, 0.6) is 0 Å². The summed E-state index contributed by atoms with van der Waals surface area (Å²) in [7, 11) is 0. The van der Waals surface area contributed by atoms with Gasteiger partial charge >= 0.3 is 0 Å². The molecular formula is C8H12N2O2. The molecule has 0 aliphatic carbocycles. The van der Waals surface area contributed by atoms with Gasteiger partial charge in [0.25, 0.3) is 5.91 Å². The Morgan fingerprint density at radius 1 is 1.83 bits per heavy atom. The third-order valence-corrected chi connectivity index (χ3v) is 1.63. The molecule has 1 heterocycles. The van der Waals surface area contributed by atoms with Gasteiger partial charge in [-0.3, -0.25) is 4.79 Å². The molecule has 0 aromatic carbocycles. The molecule has 0 saturated carbocycles. The number of terminal acetylenes is 1. The Balaban J connectivity index is 2.14. The molecule has 2 N–H and O–H groups in total. The van der Waals surface area contributed by atoms with Gasteiger partial charge in [-0.15, -0.1) is 6.42 Å². The fraction of sp³-hybridized carbons (Fsp3) is 0.625. The monoisotopic (exact) mass is 168 g/mol. The number of morpholine rings is 1. The number of nitrogens with one attached hydrogen (secondary N) is 2. The van der Waals surface area contributed by atoms with E-state index < -0.39 is 0 Å². The van der Waals surface area contributed by atoms with Crippen molar-refractivity contribution in [2.45, 2.75) is 6.10 Å². The van der Waals surface area contributed by atoms with Crippen molar-refractivity contribution in [2.75, 3.05) is 26.2 Å². The van der Waals surface area contributed by atoms with E-state index in [0.29, 0.717) is 13.2 Å². The molecule has 1 fully saturated rings. The molecule has 0 aromatic rings. The number of amides is 1. The van der Waals surface area contributed by atoms with Gasteiger partial charge in [-0.2, -0.15) is 0 Å². The Bertz CT molecular complexity index is 192. The number of rotatable bonds is 2. The topological polar surface area (TPSA) is 50.4 Å². The zero-order chi connectivity index (χ0) is 8.81. The van der Waals surface area contributed by atoms with Crippen LogP contribution in [0.25, 0.3) is 0 Å². The van der Waals surface area contributed by atoms with Gasteiger partial charge in [-0.25, -0.2) is 0 Å². The summed E-state index contributed by atoms with van der Waals surface area (Å²) in [4.78, 5) is 10.6.